The third-order valence-corrected chi connectivity index (χ3v) is 7.83. The first-order valence-electron chi connectivity index (χ1n) is 9.53. The Morgan fingerprint density at radius 3 is 2.26 bits per heavy atom. The van der Waals surface area contributed by atoms with Crippen LogP contribution in [0.5, 0.6) is 0 Å². The summed E-state index contributed by atoms with van der Waals surface area (Å²) >= 11 is 1.08. The standard InChI is InChI=1S/C21H20FN3O4S2/c22-17-4-1-2-5-19(17)25-11-9-24(10-12-25)18-8-7-15(14-16(18)21(26)27)23-31(28,29)20-6-3-13-30-20/h1-8,13-14,23H,9-12H2,(H,26,27). The van der Waals surface area contributed by atoms with Crippen molar-refractivity contribution in [3.63, 3.8) is 0 Å². The predicted molar refractivity (Wildman–Crippen MR) is 119 cm³/mol. The molecule has 10 heteroatoms. The molecule has 31 heavy (non-hydrogen) atoms. The van der Waals surface area contributed by atoms with E-state index in [0.29, 0.717) is 37.6 Å². The number of benzene rings is 2. The average Bonchev–Trinajstić information content (AvgIpc) is 3.30. The highest BCUT2D eigenvalue weighted by Crippen LogP contribution is 2.29. The zero-order chi connectivity index (χ0) is 22.0. The number of carbonyl (C=O) groups is 1. The Kier molecular flexibility index (Phi) is 5.84. The molecule has 0 saturated carbocycles. The first-order valence-corrected chi connectivity index (χ1v) is 11.9. The van der Waals surface area contributed by atoms with Gasteiger partial charge in [-0.2, -0.15) is 0 Å². The molecule has 2 N–H and O–H groups in total. The molecule has 4 rings (SSSR count). The normalized spacial score (nSPS) is 14.5. The van der Waals surface area contributed by atoms with Crippen molar-refractivity contribution in [1.29, 1.82) is 0 Å². The Labute approximate surface area is 183 Å². The van der Waals surface area contributed by atoms with Crippen LogP contribution in [-0.4, -0.2) is 45.7 Å². The van der Waals surface area contributed by atoms with Crippen molar-refractivity contribution in [2.24, 2.45) is 0 Å². The molecule has 0 bridgehead atoms. The number of hydrogen-bond donors (Lipinski definition) is 2. The van der Waals surface area contributed by atoms with E-state index < -0.39 is 16.0 Å². The monoisotopic (exact) mass is 461 g/mol. The number of nitrogens with one attached hydrogen (secondary N) is 1. The molecule has 0 unspecified atom stereocenters. The van der Waals surface area contributed by atoms with Gasteiger partial charge in [-0.15, -0.1) is 11.3 Å². The number of thiophene rings is 1. The zero-order valence-corrected chi connectivity index (χ0v) is 18.0. The molecule has 1 fully saturated rings. The lowest BCUT2D eigenvalue weighted by molar-refractivity contribution is 0.0697. The number of halogens is 1. The van der Waals surface area contributed by atoms with Crippen molar-refractivity contribution in [2.45, 2.75) is 4.21 Å². The predicted octanol–water partition coefficient (Wildman–Crippen LogP) is 3.71. The van der Waals surface area contributed by atoms with Gasteiger partial charge in [0.25, 0.3) is 10.0 Å². The summed E-state index contributed by atoms with van der Waals surface area (Å²) in [6.07, 6.45) is 0. The molecular weight excluding hydrogens is 441 g/mol. The van der Waals surface area contributed by atoms with Crippen LogP contribution in [-0.2, 0) is 10.0 Å². The highest BCUT2D eigenvalue weighted by atomic mass is 32.2. The van der Waals surface area contributed by atoms with Crippen LogP contribution in [0, 0.1) is 5.82 Å². The molecule has 1 aliphatic heterocycles. The van der Waals surface area contributed by atoms with Crippen molar-refractivity contribution >= 4 is 44.4 Å². The maximum absolute atomic E-state index is 14.1. The molecule has 3 aromatic rings. The zero-order valence-electron chi connectivity index (χ0n) is 16.4. The SMILES string of the molecule is O=C(O)c1cc(NS(=O)(=O)c2cccs2)ccc1N1CCN(c2ccccc2F)CC1. The first-order chi connectivity index (χ1) is 14.8. The molecule has 0 radical (unpaired) electrons. The van der Waals surface area contributed by atoms with E-state index in [1.807, 2.05) is 9.80 Å². The number of hydrogen-bond acceptors (Lipinski definition) is 6. The van der Waals surface area contributed by atoms with Crippen molar-refractivity contribution < 1.29 is 22.7 Å². The van der Waals surface area contributed by atoms with Crippen LogP contribution in [0.3, 0.4) is 0 Å². The van der Waals surface area contributed by atoms with Crippen molar-refractivity contribution in [2.75, 3.05) is 40.7 Å². The molecule has 0 atom stereocenters. The quantitative estimate of drug-likeness (QED) is 0.582. The average molecular weight is 462 g/mol. The first kappa shape index (κ1) is 21.1. The van der Waals surface area contributed by atoms with Gasteiger partial charge >= 0.3 is 5.97 Å². The number of para-hydroxylation sites is 1. The Balaban J connectivity index is 1.53. The summed E-state index contributed by atoms with van der Waals surface area (Å²) in [5.74, 6) is -1.44. The van der Waals surface area contributed by atoms with Crippen molar-refractivity contribution in [3.8, 4) is 0 Å². The van der Waals surface area contributed by atoms with Gasteiger partial charge in [0.1, 0.15) is 10.0 Å². The molecule has 0 spiro atoms. The maximum atomic E-state index is 14.1. The summed E-state index contributed by atoms with van der Waals surface area (Å²) in [6, 6.07) is 14.2. The van der Waals surface area contributed by atoms with Crippen LogP contribution in [0.1, 0.15) is 10.4 Å². The van der Waals surface area contributed by atoms with Crippen LogP contribution in [0.2, 0.25) is 0 Å². The molecule has 1 saturated heterocycles. The lowest BCUT2D eigenvalue weighted by atomic mass is 10.1. The Morgan fingerprint density at radius 1 is 0.968 bits per heavy atom. The van der Waals surface area contributed by atoms with E-state index in [1.165, 1.54) is 18.2 Å². The minimum atomic E-state index is -3.77. The topological polar surface area (TPSA) is 89.9 Å². The number of carboxylic acid groups (broad SMARTS) is 1. The fraction of sp³-hybridized carbons (Fsp3) is 0.190. The third kappa shape index (κ3) is 4.49. The minimum Gasteiger partial charge on any atom is -0.478 e. The van der Waals surface area contributed by atoms with Crippen LogP contribution in [0.25, 0.3) is 0 Å². The summed E-state index contributed by atoms with van der Waals surface area (Å²) in [5, 5.41) is 11.4. The number of aromatic carboxylic acids is 1. The van der Waals surface area contributed by atoms with Gasteiger partial charge in [-0.3, -0.25) is 4.72 Å². The van der Waals surface area contributed by atoms with Gasteiger partial charge in [-0.1, -0.05) is 18.2 Å². The van der Waals surface area contributed by atoms with Gasteiger partial charge in [0.2, 0.25) is 0 Å². The summed E-state index contributed by atoms with van der Waals surface area (Å²) in [7, 11) is -3.77. The molecular formula is C21H20FN3O4S2. The highest BCUT2D eigenvalue weighted by molar-refractivity contribution is 7.94. The van der Waals surface area contributed by atoms with E-state index in [9.17, 15) is 22.7 Å². The maximum Gasteiger partial charge on any atom is 0.337 e. The van der Waals surface area contributed by atoms with Crippen LogP contribution in [0.15, 0.2) is 64.2 Å². The van der Waals surface area contributed by atoms with E-state index in [1.54, 1.807) is 41.8 Å². The molecule has 0 amide bonds. The van der Waals surface area contributed by atoms with Gasteiger partial charge in [0.15, 0.2) is 0 Å². The molecule has 1 aromatic heterocycles. The Morgan fingerprint density at radius 2 is 1.65 bits per heavy atom. The van der Waals surface area contributed by atoms with Crippen LogP contribution < -0.4 is 14.5 Å². The number of rotatable bonds is 6. The number of piperazine rings is 1. The Bertz CT molecular complexity index is 1190. The summed E-state index contributed by atoms with van der Waals surface area (Å²) in [4.78, 5) is 15.7. The number of carboxylic acids is 1. The van der Waals surface area contributed by atoms with Gasteiger partial charge in [-0.05, 0) is 41.8 Å². The Hall–Kier alpha value is -3.11. The van der Waals surface area contributed by atoms with Gasteiger partial charge in [0.05, 0.1) is 16.9 Å². The molecule has 2 heterocycles. The van der Waals surface area contributed by atoms with Crippen molar-refractivity contribution in [1.82, 2.24) is 0 Å². The van der Waals surface area contributed by atoms with Crippen LogP contribution in [0.4, 0.5) is 21.5 Å². The lowest BCUT2D eigenvalue weighted by Gasteiger charge is -2.38. The van der Waals surface area contributed by atoms with Gasteiger partial charge in [0, 0.05) is 31.9 Å². The van der Waals surface area contributed by atoms with E-state index in [-0.39, 0.29) is 21.3 Å². The smallest absolute Gasteiger partial charge is 0.337 e. The molecule has 162 valence electrons. The summed E-state index contributed by atoms with van der Waals surface area (Å²) < 4.78 is 41.5. The van der Waals surface area contributed by atoms with E-state index in [2.05, 4.69) is 4.72 Å². The third-order valence-electron chi connectivity index (χ3n) is 5.05. The molecule has 0 aliphatic carbocycles. The van der Waals surface area contributed by atoms with Gasteiger partial charge < -0.3 is 14.9 Å². The largest absolute Gasteiger partial charge is 0.478 e. The fourth-order valence-electron chi connectivity index (χ4n) is 3.56. The van der Waals surface area contributed by atoms with Gasteiger partial charge in [-0.25, -0.2) is 17.6 Å². The highest BCUT2D eigenvalue weighted by Gasteiger charge is 2.24. The summed E-state index contributed by atoms with van der Waals surface area (Å²) in [6.45, 7) is 2.09. The van der Waals surface area contributed by atoms with E-state index in [0.717, 1.165) is 11.3 Å². The van der Waals surface area contributed by atoms with E-state index >= 15 is 0 Å². The summed E-state index contributed by atoms with van der Waals surface area (Å²) in [5.41, 5.74) is 1.21. The molecule has 1 aliphatic rings. The van der Waals surface area contributed by atoms with E-state index in [4.69, 9.17) is 0 Å². The van der Waals surface area contributed by atoms with Crippen LogP contribution >= 0.6 is 11.3 Å². The van der Waals surface area contributed by atoms with Crippen molar-refractivity contribution in [3.05, 3.63) is 71.4 Å². The second kappa shape index (κ2) is 8.56. The fourth-order valence-corrected chi connectivity index (χ4v) is 5.61. The minimum absolute atomic E-state index is 0.00530. The lowest BCUT2D eigenvalue weighted by Crippen LogP contribution is -2.47. The second-order valence-corrected chi connectivity index (χ2v) is 9.86. The number of nitrogens with zero attached hydrogens (tertiary/aromatic N) is 2. The molecule has 2 aromatic carbocycles. The number of anilines is 3. The molecule has 7 nitrogen and oxygen atoms in total. The second-order valence-electron chi connectivity index (χ2n) is 7.00. The number of sulfonamides is 1.